The summed E-state index contributed by atoms with van der Waals surface area (Å²) in [6.07, 6.45) is 3.54. The summed E-state index contributed by atoms with van der Waals surface area (Å²) < 4.78 is 16.1. The Morgan fingerprint density at radius 3 is 2.75 bits per heavy atom. The zero-order chi connectivity index (χ0) is 14.2. The molecule has 0 aromatic heterocycles. The number of nitrogens with one attached hydrogen (secondary N) is 1. The fourth-order valence-corrected chi connectivity index (χ4v) is 2.09. The van der Waals surface area contributed by atoms with Gasteiger partial charge in [-0.2, -0.15) is 0 Å². The average Bonchev–Trinajstić information content (AvgIpc) is 3.29. The fourth-order valence-electron chi connectivity index (χ4n) is 2.09. The van der Waals surface area contributed by atoms with Crippen LogP contribution in [0.1, 0.15) is 30.4 Å². The van der Waals surface area contributed by atoms with E-state index in [4.69, 9.17) is 14.2 Å². The summed E-state index contributed by atoms with van der Waals surface area (Å²) in [5.41, 5.74) is 2.40. The molecular weight excluding hydrogens is 254 g/mol. The summed E-state index contributed by atoms with van der Waals surface area (Å²) in [6.45, 7) is 2.96. The SMILES string of the molecule is COCCCOCc1cc(CNC2CC2)ccc1OC. The van der Waals surface area contributed by atoms with Crippen LogP contribution < -0.4 is 10.1 Å². The standard InChI is InChI=1S/C16H25NO3/c1-18-8-3-9-20-12-14-10-13(4-7-16(14)19-2)11-17-15-5-6-15/h4,7,10,15,17H,3,5-6,8-9,11-12H2,1-2H3. The molecule has 1 fully saturated rings. The van der Waals surface area contributed by atoms with Crippen molar-refractivity contribution in [3.63, 3.8) is 0 Å². The molecule has 0 radical (unpaired) electrons. The van der Waals surface area contributed by atoms with Crippen LogP contribution in [0.5, 0.6) is 5.75 Å². The Hall–Kier alpha value is -1.10. The Morgan fingerprint density at radius 1 is 1.20 bits per heavy atom. The van der Waals surface area contributed by atoms with E-state index in [1.54, 1.807) is 14.2 Å². The molecule has 0 atom stereocenters. The van der Waals surface area contributed by atoms with Gasteiger partial charge in [0, 0.05) is 38.5 Å². The minimum Gasteiger partial charge on any atom is -0.496 e. The summed E-state index contributed by atoms with van der Waals surface area (Å²) >= 11 is 0. The Labute approximate surface area is 121 Å². The third-order valence-corrected chi connectivity index (χ3v) is 3.41. The molecule has 1 N–H and O–H groups in total. The van der Waals surface area contributed by atoms with E-state index in [9.17, 15) is 0 Å². The minimum absolute atomic E-state index is 0.587. The predicted molar refractivity (Wildman–Crippen MR) is 79.0 cm³/mol. The molecule has 1 aromatic rings. The lowest BCUT2D eigenvalue weighted by Crippen LogP contribution is -2.15. The first-order chi connectivity index (χ1) is 9.83. The first-order valence-corrected chi connectivity index (χ1v) is 7.29. The van der Waals surface area contributed by atoms with Crippen LogP contribution in [0.2, 0.25) is 0 Å². The zero-order valence-electron chi connectivity index (χ0n) is 12.5. The Balaban J connectivity index is 1.84. The summed E-state index contributed by atoms with van der Waals surface area (Å²) in [6, 6.07) is 7.04. The van der Waals surface area contributed by atoms with Crippen molar-refractivity contribution in [2.75, 3.05) is 27.4 Å². The molecule has 1 saturated carbocycles. The normalized spacial score (nSPS) is 14.5. The molecule has 0 saturated heterocycles. The molecule has 1 aliphatic carbocycles. The van der Waals surface area contributed by atoms with Crippen LogP contribution >= 0.6 is 0 Å². The minimum atomic E-state index is 0.587. The number of methoxy groups -OCH3 is 2. The number of ether oxygens (including phenoxy) is 3. The fraction of sp³-hybridized carbons (Fsp3) is 0.625. The van der Waals surface area contributed by atoms with Gasteiger partial charge in [0.15, 0.2) is 0 Å². The maximum absolute atomic E-state index is 5.68. The molecule has 20 heavy (non-hydrogen) atoms. The monoisotopic (exact) mass is 279 g/mol. The van der Waals surface area contributed by atoms with E-state index in [1.165, 1.54) is 18.4 Å². The van der Waals surface area contributed by atoms with Crippen molar-refractivity contribution in [1.82, 2.24) is 5.32 Å². The van der Waals surface area contributed by atoms with Gasteiger partial charge in [0.2, 0.25) is 0 Å². The summed E-state index contributed by atoms with van der Waals surface area (Å²) in [7, 11) is 3.41. The molecule has 4 heteroatoms. The number of hydrogen-bond acceptors (Lipinski definition) is 4. The second-order valence-corrected chi connectivity index (χ2v) is 5.20. The first-order valence-electron chi connectivity index (χ1n) is 7.29. The van der Waals surface area contributed by atoms with Gasteiger partial charge < -0.3 is 19.5 Å². The van der Waals surface area contributed by atoms with Crippen molar-refractivity contribution in [2.24, 2.45) is 0 Å². The summed E-state index contributed by atoms with van der Waals surface area (Å²) in [4.78, 5) is 0. The van der Waals surface area contributed by atoms with Gasteiger partial charge in [0.05, 0.1) is 13.7 Å². The van der Waals surface area contributed by atoms with E-state index < -0.39 is 0 Å². The molecule has 112 valence electrons. The third kappa shape index (κ3) is 5.12. The van der Waals surface area contributed by atoms with Crippen LogP contribution in [0, 0.1) is 0 Å². The van der Waals surface area contributed by atoms with Crippen molar-refractivity contribution in [3.8, 4) is 5.75 Å². The van der Waals surface area contributed by atoms with Crippen LogP contribution in [0.15, 0.2) is 18.2 Å². The Bertz CT molecular complexity index is 405. The van der Waals surface area contributed by atoms with Crippen molar-refractivity contribution in [3.05, 3.63) is 29.3 Å². The van der Waals surface area contributed by atoms with Gasteiger partial charge in [-0.25, -0.2) is 0 Å². The van der Waals surface area contributed by atoms with E-state index in [-0.39, 0.29) is 0 Å². The van der Waals surface area contributed by atoms with E-state index in [0.717, 1.165) is 36.9 Å². The summed E-state index contributed by atoms with van der Waals surface area (Å²) in [5, 5.41) is 3.52. The van der Waals surface area contributed by atoms with Gasteiger partial charge in [-0.05, 0) is 37.0 Å². The van der Waals surface area contributed by atoms with Gasteiger partial charge in [-0.1, -0.05) is 6.07 Å². The molecule has 0 aliphatic heterocycles. The highest BCUT2D eigenvalue weighted by Crippen LogP contribution is 2.23. The maximum Gasteiger partial charge on any atom is 0.124 e. The van der Waals surface area contributed by atoms with Crippen molar-refractivity contribution in [2.45, 2.75) is 38.5 Å². The molecule has 2 rings (SSSR count). The number of benzene rings is 1. The number of rotatable bonds is 10. The third-order valence-electron chi connectivity index (χ3n) is 3.41. The van der Waals surface area contributed by atoms with Crippen molar-refractivity contribution >= 4 is 0 Å². The Morgan fingerprint density at radius 2 is 2.05 bits per heavy atom. The molecule has 0 amide bonds. The van der Waals surface area contributed by atoms with Gasteiger partial charge in [0.25, 0.3) is 0 Å². The molecule has 0 heterocycles. The molecule has 0 spiro atoms. The van der Waals surface area contributed by atoms with E-state index >= 15 is 0 Å². The smallest absolute Gasteiger partial charge is 0.124 e. The van der Waals surface area contributed by atoms with Crippen LogP contribution in [0.25, 0.3) is 0 Å². The quantitative estimate of drug-likeness (QED) is 0.668. The molecule has 4 nitrogen and oxygen atoms in total. The van der Waals surface area contributed by atoms with E-state index in [2.05, 4.69) is 17.4 Å². The lowest BCUT2D eigenvalue weighted by molar-refractivity contribution is 0.0916. The second kappa shape index (κ2) is 8.25. The molecule has 1 aromatic carbocycles. The van der Waals surface area contributed by atoms with Gasteiger partial charge in [-0.15, -0.1) is 0 Å². The zero-order valence-corrected chi connectivity index (χ0v) is 12.5. The largest absolute Gasteiger partial charge is 0.496 e. The predicted octanol–water partition coefficient (Wildman–Crippen LogP) is 2.50. The van der Waals surface area contributed by atoms with Gasteiger partial charge in [0.1, 0.15) is 5.75 Å². The highest BCUT2D eigenvalue weighted by Gasteiger charge is 2.20. The van der Waals surface area contributed by atoms with Gasteiger partial charge >= 0.3 is 0 Å². The van der Waals surface area contributed by atoms with E-state index in [1.807, 2.05) is 6.07 Å². The molecule has 0 bridgehead atoms. The molecule has 1 aliphatic rings. The maximum atomic E-state index is 5.68. The van der Waals surface area contributed by atoms with Gasteiger partial charge in [-0.3, -0.25) is 0 Å². The highest BCUT2D eigenvalue weighted by atomic mass is 16.5. The van der Waals surface area contributed by atoms with Crippen LogP contribution in [0.4, 0.5) is 0 Å². The van der Waals surface area contributed by atoms with Crippen LogP contribution in [0.3, 0.4) is 0 Å². The van der Waals surface area contributed by atoms with E-state index in [0.29, 0.717) is 13.2 Å². The average molecular weight is 279 g/mol. The highest BCUT2D eigenvalue weighted by molar-refractivity contribution is 5.37. The lowest BCUT2D eigenvalue weighted by Gasteiger charge is -2.12. The van der Waals surface area contributed by atoms with Crippen molar-refractivity contribution in [1.29, 1.82) is 0 Å². The van der Waals surface area contributed by atoms with Crippen LogP contribution in [-0.2, 0) is 22.6 Å². The number of hydrogen-bond donors (Lipinski definition) is 1. The Kier molecular flexibility index (Phi) is 6.30. The topological polar surface area (TPSA) is 39.7 Å². The van der Waals surface area contributed by atoms with Crippen LogP contribution in [-0.4, -0.2) is 33.5 Å². The molecular formula is C16H25NO3. The second-order valence-electron chi connectivity index (χ2n) is 5.20. The lowest BCUT2D eigenvalue weighted by atomic mass is 10.1. The molecule has 0 unspecified atom stereocenters. The van der Waals surface area contributed by atoms with Crippen molar-refractivity contribution < 1.29 is 14.2 Å². The summed E-state index contributed by atoms with van der Waals surface area (Å²) in [5.74, 6) is 0.895. The first kappa shape index (κ1) is 15.3.